The van der Waals surface area contributed by atoms with E-state index in [1.54, 1.807) is 6.20 Å². The number of rotatable bonds is 3. The number of pyridine rings is 1. The number of H-pyrrole nitrogens is 1. The Morgan fingerprint density at radius 1 is 1.40 bits per heavy atom. The molecule has 2 heterocycles. The molecule has 3 rings (SSSR count). The van der Waals surface area contributed by atoms with Gasteiger partial charge in [0.25, 0.3) is 5.56 Å². The third kappa shape index (κ3) is 2.28. The molecule has 0 unspecified atom stereocenters. The number of aromatic amines is 1. The molecule has 0 amide bonds. The molecule has 2 aromatic rings. The van der Waals surface area contributed by atoms with E-state index in [2.05, 4.69) is 27.2 Å². The minimum absolute atomic E-state index is 0.151. The highest BCUT2D eigenvalue weighted by molar-refractivity contribution is 5.88. The second-order valence-electron chi connectivity index (χ2n) is 5.57. The SMILES string of the molecule is CCc1nc(N[C@H]2CCC[C@H]2C)c2cc[nH]c(=O)c2n1. The summed E-state index contributed by atoms with van der Waals surface area (Å²) in [6.45, 7) is 4.27. The van der Waals surface area contributed by atoms with Gasteiger partial charge < -0.3 is 10.3 Å². The Morgan fingerprint density at radius 2 is 2.25 bits per heavy atom. The second kappa shape index (κ2) is 5.23. The van der Waals surface area contributed by atoms with Gasteiger partial charge in [0.15, 0.2) is 0 Å². The summed E-state index contributed by atoms with van der Waals surface area (Å²) in [7, 11) is 0. The topological polar surface area (TPSA) is 70.7 Å². The van der Waals surface area contributed by atoms with Crippen LogP contribution in [0.3, 0.4) is 0 Å². The maximum atomic E-state index is 11.9. The molecule has 0 radical (unpaired) electrons. The number of hydrogen-bond acceptors (Lipinski definition) is 4. The van der Waals surface area contributed by atoms with E-state index in [0.29, 0.717) is 23.3 Å². The van der Waals surface area contributed by atoms with Gasteiger partial charge in [-0.1, -0.05) is 20.3 Å². The molecule has 1 aliphatic rings. The lowest BCUT2D eigenvalue weighted by atomic mass is 10.1. The van der Waals surface area contributed by atoms with Crippen LogP contribution in [0.25, 0.3) is 10.9 Å². The van der Waals surface area contributed by atoms with Gasteiger partial charge in [0.1, 0.15) is 17.2 Å². The standard InChI is InChI=1S/C15H20N4O/c1-3-12-18-13-10(7-8-16-15(13)20)14(19-12)17-11-6-4-5-9(11)2/h7-9,11H,3-6H2,1-2H3,(H,16,20)(H,17,18,19)/t9-,11+/m1/s1. The van der Waals surface area contributed by atoms with E-state index in [1.807, 2.05) is 13.0 Å². The summed E-state index contributed by atoms with van der Waals surface area (Å²) in [5, 5.41) is 4.34. The lowest BCUT2D eigenvalue weighted by molar-refractivity contribution is 0.555. The van der Waals surface area contributed by atoms with Crippen LogP contribution in [0.5, 0.6) is 0 Å². The van der Waals surface area contributed by atoms with Crippen LogP contribution in [-0.4, -0.2) is 21.0 Å². The molecule has 5 nitrogen and oxygen atoms in total. The number of aromatic nitrogens is 3. The summed E-state index contributed by atoms with van der Waals surface area (Å²) >= 11 is 0. The summed E-state index contributed by atoms with van der Waals surface area (Å²) in [5.41, 5.74) is 0.328. The van der Waals surface area contributed by atoms with Crippen molar-refractivity contribution < 1.29 is 0 Å². The van der Waals surface area contributed by atoms with Gasteiger partial charge in [-0.2, -0.15) is 0 Å². The summed E-state index contributed by atoms with van der Waals surface area (Å²) in [4.78, 5) is 23.5. The molecule has 0 spiro atoms. The number of aryl methyl sites for hydroxylation is 1. The van der Waals surface area contributed by atoms with Crippen LogP contribution >= 0.6 is 0 Å². The third-order valence-electron chi connectivity index (χ3n) is 4.17. The van der Waals surface area contributed by atoms with Gasteiger partial charge in [-0.05, 0) is 24.8 Å². The van der Waals surface area contributed by atoms with E-state index >= 15 is 0 Å². The van der Waals surface area contributed by atoms with E-state index in [-0.39, 0.29) is 5.56 Å². The molecule has 106 valence electrons. The fourth-order valence-corrected chi connectivity index (χ4v) is 2.92. The fraction of sp³-hybridized carbons (Fsp3) is 0.533. The van der Waals surface area contributed by atoms with Crippen molar-refractivity contribution in [3.05, 3.63) is 28.4 Å². The first kappa shape index (κ1) is 13.1. The zero-order valence-electron chi connectivity index (χ0n) is 11.9. The highest BCUT2D eigenvalue weighted by Gasteiger charge is 2.24. The van der Waals surface area contributed by atoms with Crippen molar-refractivity contribution in [3.63, 3.8) is 0 Å². The Morgan fingerprint density at radius 3 is 2.95 bits per heavy atom. The maximum Gasteiger partial charge on any atom is 0.274 e. The Kier molecular flexibility index (Phi) is 3.42. The molecule has 1 fully saturated rings. The molecular weight excluding hydrogens is 252 g/mol. The predicted molar refractivity (Wildman–Crippen MR) is 80.0 cm³/mol. The Labute approximate surface area is 117 Å². The Balaban J connectivity index is 2.08. The molecule has 2 atom stereocenters. The largest absolute Gasteiger partial charge is 0.366 e. The van der Waals surface area contributed by atoms with Gasteiger partial charge in [0.2, 0.25) is 0 Å². The van der Waals surface area contributed by atoms with Gasteiger partial charge in [0.05, 0.1) is 0 Å². The van der Waals surface area contributed by atoms with Crippen LogP contribution in [-0.2, 0) is 6.42 Å². The van der Waals surface area contributed by atoms with E-state index in [9.17, 15) is 4.79 Å². The van der Waals surface area contributed by atoms with Crippen LogP contribution in [0, 0.1) is 5.92 Å². The smallest absolute Gasteiger partial charge is 0.274 e. The van der Waals surface area contributed by atoms with Crippen molar-refractivity contribution in [2.45, 2.75) is 45.6 Å². The van der Waals surface area contributed by atoms with E-state index < -0.39 is 0 Å². The molecule has 2 aromatic heterocycles. The molecule has 0 bridgehead atoms. The quantitative estimate of drug-likeness (QED) is 0.900. The molecule has 0 saturated heterocycles. The monoisotopic (exact) mass is 272 g/mol. The number of hydrogen-bond donors (Lipinski definition) is 2. The molecule has 2 N–H and O–H groups in total. The van der Waals surface area contributed by atoms with Crippen molar-refractivity contribution in [1.29, 1.82) is 0 Å². The van der Waals surface area contributed by atoms with E-state index in [0.717, 1.165) is 24.0 Å². The average molecular weight is 272 g/mol. The van der Waals surface area contributed by atoms with E-state index in [1.165, 1.54) is 12.8 Å². The molecule has 0 aliphatic heterocycles. The van der Waals surface area contributed by atoms with Crippen molar-refractivity contribution in [2.24, 2.45) is 5.92 Å². The molecular formula is C15H20N4O. The van der Waals surface area contributed by atoms with Crippen LogP contribution < -0.4 is 10.9 Å². The lowest BCUT2D eigenvalue weighted by Crippen LogP contribution is -2.23. The molecule has 0 aromatic carbocycles. The van der Waals surface area contributed by atoms with Gasteiger partial charge in [0, 0.05) is 24.0 Å². The summed E-state index contributed by atoms with van der Waals surface area (Å²) in [6, 6.07) is 2.31. The fourth-order valence-electron chi connectivity index (χ4n) is 2.92. The third-order valence-corrected chi connectivity index (χ3v) is 4.17. The van der Waals surface area contributed by atoms with E-state index in [4.69, 9.17) is 0 Å². The summed E-state index contributed by atoms with van der Waals surface area (Å²) in [6.07, 6.45) is 6.05. The minimum Gasteiger partial charge on any atom is -0.366 e. The van der Waals surface area contributed by atoms with Gasteiger partial charge in [-0.15, -0.1) is 0 Å². The number of fused-ring (bicyclic) bond motifs is 1. The number of nitrogens with one attached hydrogen (secondary N) is 2. The van der Waals surface area contributed by atoms with Crippen LogP contribution in [0.2, 0.25) is 0 Å². The molecule has 5 heteroatoms. The normalized spacial score (nSPS) is 22.3. The molecule has 1 saturated carbocycles. The number of anilines is 1. The highest BCUT2D eigenvalue weighted by Crippen LogP contribution is 2.29. The maximum absolute atomic E-state index is 11.9. The van der Waals surface area contributed by atoms with Crippen molar-refractivity contribution in [3.8, 4) is 0 Å². The number of nitrogens with zero attached hydrogens (tertiary/aromatic N) is 2. The first-order chi connectivity index (χ1) is 9.69. The zero-order valence-corrected chi connectivity index (χ0v) is 11.9. The second-order valence-corrected chi connectivity index (χ2v) is 5.57. The lowest BCUT2D eigenvalue weighted by Gasteiger charge is -2.19. The van der Waals surface area contributed by atoms with Crippen molar-refractivity contribution in [2.75, 3.05) is 5.32 Å². The van der Waals surface area contributed by atoms with Crippen LogP contribution in [0.15, 0.2) is 17.1 Å². The van der Waals surface area contributed by atoms with Crippen molar-refractivity contribution >= 4 is 16.7 Å². The van der Waals surface area contributed by atoms with Gasteiger partial charge in [-0.25, -0.2) is 9.97 Å². The molecule has 20 heavy (non-hydrogen) atoms. The first-order valence-electron chi connectivity index (χ1n) is 7.34. The van der Waals surface area contributed by atoms with Crippen LogP contribution in [0.1, 0.15) is 38.9 Å². The van der Waals surface area contributed by atoms with Crippen LogP contribution in [0.4, 0.5) is 5.82 Å². The van der Waals surface area contributed by atoms with Gasteiger partial charge >= 0.3 is 0 Å². The minimum atomic E-state index is -0.151. The Bertz CT molecular complexity index is 679. The van der Waals surface area contributed by atoms with Crippen molar-refractivity contribution in [1.82, 2.24) is 15.0 Å². The summed E-state index contributed by atoms with van der Waals surface area (Å²) < 4.78 is 0. The highest BCUT2D eigenvalue weighted by atomic mass is 16.1. The average Bonchev–Trinajstić information content (AvgIpc) is 2.85. The zero-order chi connectivity index (χ0) is 14.1. The predicted octanol–water partition coefficient (Wildman–Crippen LogP) is 2.48. The Hall–Kier alpha value is -1.91. The first-order valence-corrected chi connectivity index (χ1v) is 7.34. The summed E-state index contributed by atoms with van der Waals surface area (Å²) in [5.74, 6) is 2.16. The molecule has 1 aliphatic carbocycles. The van der Waals surface area contributed by atoms with Gasteiger partial charge in [-0.3, -0.25) is 4.79 Å².